The first-order valence-corrected chi connectivity index (χ1v) is 10.5. The van der Waals surface area contributed by atoms with Crippen LogP contribution in [0.15, 0.2) is 41.5 Å². The van der Waals surface area contributed by atoms with Crippen molar-refractivity contribution < 1.29 is 0 Å². The molecule has 0 aliphatic rings. The number of fused-ring (bicyclic) bond motifs is 2. The van der Waals surface area contributed by atoms with E-state index >= 15 is 0 Å². The van der Waals surface area contributed by atoms with Crippen LogP contribution >= 0.6 is 0 Å². The molecule has 0 aliphatic carbocycles. The summed E-state index contributed by atoms with van der Waals surface area (Å²) in [5, 5.41) is 15.7. The summed E-state index contributed by atoms with van der Waals surface area (Å²) in [6, 6.07) is 9.70. The second kappa shape index (κ2) is 9.11. The van der Waals surface area contributed by atoms with Gasteiger partial charge in [0.2, 0.25) is 5.95 Å². The molecule has 0 saturated carbocycles. The molecule has 166 valence electrons. The van der Waals surface area contributed by atoms with Crippen molar-refractivity contribution in [1.82, 2.24) is 24.3 Å². The minimum atomic E-state index is -0.322. The van der Waals surface area contributed by atoms with Gasteiger partial charge in [0.25, 0.3) is 5.56 Å². The van der Waals surface area contributed by atoms with Crippen LogP contribution in [-0.2, 0) is 13.1 Å². The fourth-order valence-electron chi connectivity index (χ4n) is 3.89. The van der Waals surface area contributed by atoms with Gasteiger partial charge in [-0.1, -0.05) is 30.2 Å². The third-order valence-electron chi connectivity index (χ3n) is 5.34. The SMILES string of the molecule is CC#CCn1c(N(C)C[C@H](C)N)nc2cnn(Cc3ncc4ccccc4c3C#N)c(=O)c21. The highest BCUT2D eigenvalue weighted by Gasteiger charge is 2.20. The number of nitriles is 1. The maximum Gasteiger partial charge on any atom is 0.293 e. The van der Waals surface area contributed by atoms with Crippen LogP contribution < -0.4 is 16.2 Å². The largest absolute Gasteiger partial charge is 0.344 e. The summed E-state index contributed by atoms with van der Waals surface area (Å²) < 4.78 is 3.10. The molecule has 4 aromatic rings. The zero-order valence-corrected chi connectivity index (χ0v) is 18.8. The topological polar surface area (TPSA) is 119 Å². The summed E-state index contributed by atoms with van der Waals surface area (Å²) in [6.45, 7) is 4.60. The number of imidazole rings is 1. The van der Waals surface area contributed by atoms with Gasteiger partial charge in [0.1, 0.15) is 17.1 Å². The molecule has 0 unspecified atom stereocenters. The van der Waals surface area contributed by atoms with Crippen LogP contribution in [0.3, 0.4) is 0 Å². The summed E-state index contributed by atoms with van der Waals surface area (Å²) in [4.78, 5) is 24.4. The molecular weight excluding hydrogens is 416 g/mol. The van der Waals surface area contributed by atoms with E-state index in [2.05, 4.69) is 33.0 Å². The van der Waals surface area contributed by atoms with E-state index < -0.39 is 0 Å². The predicted octanol–water partition coefficient (Wildman–Crippen LogP) is 1.87. The Morgan fingerprint density at radius 3 is 2.79 bits per heavy atom. The van der Waals surface area contributed by atoms with Crippen LogP contribution in [0, 0.1) is 23.2 Å². The van der Waals surface area contributed by atoms with Crippen LogP contribution in [0.4, 0.5) is 5.95 Å². The lowest BCUT2D eigenvalue weighted by atomic mass is 10.1. The highest BCUT2D eigenvalue weighted by molar-refractivity contribution is 5.87. The smallest absolute Gasteiger partial charge is 0.293 e. The summed E-state index contributed by atoms with van der Waals surface area (Å²) in [5.74, 6) is 6.49. The molecule has 2 N–H and O–H groups in total. The van der Waals surface area contributed by atoms with E-state index in [1.807, 2.05) is 43.1 Å². The van der Waals surface area contributed by atoms with Crippen molar-refractivity contribution in [2.75, 3.05) is 18.5 Å². The van der Waals surface area contributed by atoms with E-state index in [0.717, 1.165) is 10.8 Å². The Morgan fingerprint density at radius 2 is 2.06 bits per heavy atom. The lowest BCUT2D eigenvalue weighted by Gasteiger charge is -2.20. The van der Waals surface area contributed by atoms with E-state index in [4.69, 9.17) is 5.73 Å². The minimum Gasteiger partial charge on any atom is -0.344 e. The number of likely N-dealkylation sites (N-methyl/N-ethyl adjacent to an activating group) is 1. The normalized spacial score (nSPS) is 11.7. The van der Waals surface area contributed by atoms with Gasteiger partial charge >= 0.3 is 0 Å². The molecule has 0 aliphatic heterocycles. The molecule has 1 atom stereocenters. The van der Waals surface area contributed by atoms with Gasteiger partial charge in [-0.25, -0.2) is 9.67 Å². The maximum atomic E-state index is 13.5. The molecule has 1 aromatic carbocycles. The van der Waals surface area contributed by atoms with Crippen LogP contribution in [0.5, 0.6) is 0 Å². The van der Waals surface area contributed by atoms with Crippen molar-refractivity contribution in [2.24, 2.45) is 5.73 Å². The lowest BCUT2D eigenvalue weighted by molar-refractivity contribution is 0.630. The molecule has 0 bridgehead atoms. The van der Waals surface area contributed by atoms with Crippen LogP contribution in [-0.4, -0.2) is 43.9 Å². The Morgan fingerprint density at radius 1 is 1.27 bits per heavy atom. The summed E-state index contributed by atoms with van der Waals surface area (Å²) in [6.07, 6.45) is 3.26. The van der Waals surface area contributed by atoms with Gasteiger partial charge in [-0.15, -0.1) is 5.92 Å². The Labute approximate surface area is 191 Å². The van der Waals surface area contributed by atoms with Crippen molar-refractivity contribution in [3.05, 3.63) is 58.3 Å². The average molecular weight is 441 g/mol. The highest BCUT2D eigenvalue weighted by Crippen LogP contribution is 2.21. The number of nitrogens with zero attached hydrogens (tertiary/aromatic N) is 7. The van der Waals surface area contributed by atoms with Crippen LogP contribution in [0.1, 0.15) is 25.1 Å². The Balaban J connectivity index is 1.84. The second-order valence-corrected chi connectivity index (χ2v) is 7.90. The summed E-state index contributed by atoms with van der Waals surface area (Å²) >= 11 is 0. The number of pyridine rings is 1. The molecule has 3 aromatic heterocycles. The summed E-state index contributed by atoms with van der Waals surface area (Å²) in [7, 11) is 1.88. The fraction of sp³-hybridized carbons (Fsp3) is 0.292. The highest BCUT2D eigenvalue weighted by atomic mass is 16.1. The molecule has 4 rings (SSSR count). The van der Waals surface area contributed by atoms with Gasteiger partial charge in [-0.2, -0.15) is 10.4 Å². The monoisotopic (exact) mass is 440 g/mol. The van der Waals surface area contributed by atoms with Gasteiger partial charge < -0.3 is 10.6 Å². The first kappa shape index (κ1) is 22.0. The maximum absolute atomic E-state index is 13.5. The van der Waals surface area contributed by atoms with E-state index in [-0.39, 0.29) is 18.1 Å². The predicted molar refractivity (Wildman–Crippen MR) is 128 cm³/mol. The average Bonchev–Trinajstić information content (AvgIpc) is 3.18. The van der Waals surface area contributed by atoms with Gasteiger partial charge in [-0.05, 0) is 13.8 Å². The van der Waals surface area contributed by atoms with Gasteiger partial charge in [0.05, 0.1) is 30.5 Å². The van der Waals surface area contributed by atoms with Crippen molar-refractivity contribution in [3.63, 3.8) is 0 Å². The van der Waals surface area contributed by atoms with E-state index in [1.54, 1.807) is 23.9 Å². The van der Waals surface area contributed by atoms with Crippen LogP contribution in [0.25, 0.3) is 21.8 Å². The van der Waals surface area contributed by atoms with E-state index in [1.165, 1.54) is 4.68 Å². The molecule has 3 heterocycles. The minimum absolute atomic E-state index is 0.0676. The van der Waals surface area contributed by atoms with Crippen molar-refractivity contribution in [1.29, 1.82) is 5.26 Å². The molecule has 33 heavy (non-hydrogen) atoms. The van der Waals surface area contributed by atoms with E-state index in [0.29, 0.717) is 41.3 Å². The number of hydrogen-bond donors (Lipinski definition) is 1. The zero-order chi connectivity index (χ0) is 23.5. The number of aromatic nitrogens is 5. The standard InChI is InChI=1S/C24H24N8O/c1-4-5-10-31-22-20(29-24(31)30(3)14-16(2)26)13-28-32(23(22)33)15-21-19(11-25)18-9-7-6-8-17(18)12-27-21/h6-9,12-13,16H,10,14-15,26H2,1-3H3/t16-/m0/s1. The molecule has 0 radical (unpaired) electrons. The quantitative estimate of drug-likeness (QED) is 0.455. The first-order valence-electron chi connectivity index (χ1n) is 10.5. The molecule has 9 heteroatoms. The first-order chi connectivity index (χ1) is 15.9. The third kappa shape index (κ3) is 4.14. The molecule has 0 fully saturated rings. The fourth-order valence-corrected chi connectivity index (χ4v) is 3.89. The van der Waals surface area contributed by atoms with Crippen molar-refractivity contribution in [3.8, 4) is 17.9 Å². The molecule has 0 amide bonds. The number of anilines is 1. The number of benzene rings is 1. The molecule has 0 spiro atoms. The molecular formula is C24H24N8O. The second-order valence-electron chi connectivity index (χ2n) is 7.90. The Kier molecular flexibility index (Phi) is 6.07. The Hall–Kier alpha value is -4.21. The number of rotatable bonds is 6. The van der Waals surface area contributed by atoms with Crippen LogP contribution in [0.2, 0.25) is 0 Å². The number of hydrogen-bond acceptors (Lipinski definition) is 7. The molecule has 0 saturated heterocycles. The van der Waals surface area contributed by atoms with Crippen molar-refractivity contribution >= 4 is 27.8 Å². The van der Waals surface area contributed by atoms with Gasteiger partial charge in [-0.3, -0.25) is 14.3 Å². The lowest BCUT2D eigenvalue weighted by Crippen LogP contribution is -2.34. The van der Waals surface area contributed by atoms with Gasteiger partial charge in [0, 0.05) is 36.6 Å². The third-order valence-corrected chi connectivity index (χ3v) is 5.34. The van der Waals surface area contributed by atoms with Crippen molar-refractivity contribution in [2.45, 2.75) is 33.0 Å². The summed E-state index contributed by atoms with van der Waals surface area (Å²) in [5.41, 5.74) is 7.44. The Bertz CT molecular complexity index is 1500. The zero-order valence-electron chi connectivity index (χ0n) is 18.8. The molecule has 9 nitrogen and oxygen atoms in total. The number of nitrogens with two attached hydrogens (primary N) is 1. The van der Waals surface area contributed by atoms with Gasteiger partial charge in [0.15, 0.2) is 0 Å². The van der Waals surface area contributed by atoms with E-state index in [9.17, 15) is 10.1 Å².